The van der Waals surface area contributed by atoms with Crippen molar-refractivity contribution in [3.63, 3.8) is 0 Å². The summed E-state index contributed by atoms with van der Waals surface area (Å²) < 4.78 is 0. The highest BCUT2D eigenvalue weighted by Crippen LogP contribution is 2.42. The molecular weight excluding hydrogens is 367 g/mol. The first kappa shape index (κ1) is 19.8. The van der Waals surface area contributed by atoms with Gasteiger partial charge in [0, 0.05) is 25.6 Å². The van der Waals surface area contributed by atoms with Crippen LogP contribution in [0.15, 0.2) is 18.2 Å². The zero-order valence-electron chi connectivity index (χ0n) is 13.9. The molecule has 134 valence electrons. The van der Waals surface area contributed by atoms with E-state index in [0.29, 0.717) is 34.5 Å². The summed E-state index contributed by atoms with van der Waals surface area (Å²) in [6.45, 7) is 0.496. The molecule has 0 heterocycles. The second kappa shape index (κ2) is 8.27. The number of amides is 1. The number of hydrogen-bond donors (Lipinski definition) is 1. The van der Waals surface area contributed by atoms with Gasteiger partial charge in [0.2, 0.25) is 5.91 Å². The third kappa shape index (κ3) is 4.01. The lowest BCUT2D eigenvalue weighted by molar-refractivity contribution is -0.137. The van der Waals surface area contributed by atoms with E-state index in [1.165, 1.54) is 19.3 Å². The average molecular weight is 392 g/mol. The van der Waals surface area contributed by atoms with Gasteiger partial charge in [-0.1, -0.05) is 41.8 Å². The molecule has 24 heavy (non-hydrogen) atoms. The van der Waals surface area contributed by atoms with Crippen LogP contribution >= 0.6 is 35.6 Å². The fourth-order valence-corrected chi connectivity index (χ4v) is 4.69. The standard InChI is InChI=1S/C18H24Cl2N2O.ClH/c1-22(10-13-6-3-7-15(19)16(13)20)18(23)14-8-11-4-2-5-12(9-14)17(11)21;/h3,6-7,11-12,14,17H,2,4-5,8-10,21H2,1H3;1H. The van der Waals surface area contributed by atoms with Crippen LogP contribution in [0.4, 0.5) is 0 Å². The molecule has 0 aromatic heterocycles. The van der Waals surface area contributed by atoms with Gasteiger partial charge in [0.05, 0.1) is 10.0 Å². The molecular formula is C18H25Cl3N2O. The van der Waals surface area contributed by atoms with Gasteiger partial charge in [-0.2, -0.15) is 0 Å². The maximum Gasteiger partial charge on any atom is 0.225 e. The number of carbonyl (C=O) groups is 1. The first-order valence-electron chi connectivity index (χ1n) is 8.40. The summed E-state index contributed by atoms with van der Waals surface area (Å²) in [4.78, 5) is 14.6. The van der Waals surface area contributed by atoms with E-state index in [-0.39, 0.29) is 24.2 Å². The molecule has 0 radical (unpaired) electrons. The molecule has 2 saturated carbocycles. The van der Waals surface area contributed by atoms with Crippen molar-refractivity contribution in [3.8, 4) is 0 Å². The maximum absolute atomic E-state index is 12.8. The molecule has 3 nitrogen and oxygen atoms in total. The van der Waals surface area contributed by atoms with Crippen molar-refractivity contribution in [1.29, 1.82) is 0 Å². The monoisotopic (exact) mass is 390 g/mol. The van der Waals surface area contributed by atoms with Gasteiger partial charge in [-0.3, -0.25) is 4.79 Å². The topological polar surface area (TPSA) is 46.3 Å². The van der Waals surface area contributed by atoms with Crippen molar-refractivity contribution in [1.82, 2.24) is 4.90 Å². The number of nitrogens with zero attached hydrogens (tertiary/aromatic N) is 1. The van der Waals surface area contributed by atoms with E-state index < -0.39 is 0 Å². The highest BCUT2D eigenvalue weighted by atomic mass is 35.5. The summed E-state index contributed by atoms with van der Waals surface area (Å²) in [5, 5.41) is 1.07. The number of rotatable bonds is 3. The van der Waals surface area contributed by atoms with Crippen LogP contribution in [0.5, 0.6) is 0 Å². The Bertz CT molecular complexity index is 582. The molecule has 0 saturated heterocycles. The number of nitrogens with two attached hydrogens (primary N) is 1. The van der Waals surface area contributed by atoms with Gasteiger partial charge >= 0.3 is 0 Å². The molecule has 1 amide bonds. The van der Waals surface area contributed by atoms with Crippen LogP contribution < -0.4 is 5.73 Å². The number of halogens is 3. The molecule has 0 aliphatic heterocycles. The number of carbonyl (C=O) groups excluding carboxylic acids is 1. The molecule has 2 atom stereocenters. The van der Waals surface area contributed by atoms with E-state index in [1.54, 1.807) is 11.0 Å². The van der Waals surface area contributed by atoms with Crippen molar-refractivity contribution in [2.24, 2.45) is 23.5 Å². The minimum Gasteiger partial charge on any atom is -0.341 e. The Labute approximate surface area is 160 Å². The lowest BCUT2D eigenvalue weighted by atomic mass is 9.65. The van der Waals surface area contributed by atoms with Crippen LogP contribution in [0.3, 0.4) is 0 Å². The van der Waals surface area contributed by atoms with Crippen LogP contribution in [-0.2, 0) is 11.3 Å². The van der Waals surface area contributed by atoms with Crippen LogP contribution in [0.1, 0.15) is 37.7 Å². The summed E-state index contributed by atoms with van der Waals surface area (Å²) >= 11 is 12.3. The quantitative estimate of drug-likeness (QED) is 0.823. The third-order valence-electron chi connectivity index (χ3n) is 5.58. The van der Waals surface area contributed by atoms with Crippen molar-refractivity contribution in [3.05, 3.63) is 33.8 Å². The number of fused-ring (bicyclic) bond motifs is 2. The summed E-state index contributed by atoms with van der Waals surface area (Å²) in [5.41, 5.74) is 7.22. The van der Waals surface area contributed by atoms with Crippen molar-refractivity contribution < 1.29 is 4.79 Å². The van der Waals surface area contributed by atoms with E-state index in [4.69, 9.17) is 28.9 Å². The second-order valence-electron chi connectivity index (χ2n) is 7.10. The molecule has 3 rings (SSSR count). The Morgan fingerprint density at radius 1 is 1.25 bits per heavy atom. The molecule has 2 bridgehead atoms. The number of hydrogen-bond acceptors (Lipinski definition) is 2. The minimum absolute atomic E-state index is 0. The Morgan fingerprint density at radius 2 is 1.88 bits per heavy atom. The Kier molecular flexibility index (Phi) is 6.83. The highest BCUT2D eigenvalue weighted by Gasteiger charge is 2.41. The molecule has 1 aromatic rings. The zero-order chi connectivity index (χ0) is 16.6. The molecule has 2 N–H and O–H groups in total. The largest absolute Gasteiger partial charge is 0.341 e. The molecule has 6 heteroatoms. The molecule has 2 fully saturated rings. The van der Waals surface area contributed by atoms with Gasteiger partial charge in [0.15, 0.2) is 0 Å². The number of benzene rings is 1. The fourth-order valence-electron chi connectivity index (χ4n) is 4.31. The van der Waals surface area contributed by atoms with Crippen molar-refractivity contribution >= 4 is 41.5 Å². The van der Waals surface area contributed by atoms with E-state index in [0.717, 1.165) is 18.4 Å². The lowest BCUT2D eigenvalue weighted by Crippen LogP contribution is -2.49. The van der Waals surface area contributed by atoms with Crippen molar-refractivity contribution in [2.45, 2.75) is 44.7 Å². The second-order valence-corrected chi connectivity index (χ2v) is 7.89. The predicted octanol–water partition coefficient (Wildman–Crippen LogP) is 4.53. The SMILES string of the molecule is CN(Cc1cccc(Cl)c1Cl)C(=O)C1CC2CCCC(C1)C2N.Cl. The van der Waals surface area contributed by atoms with Crippen LogP contribution in [0.25, 0.3) is 0 Å². The third-order valence-corrected chi connectivity index (χ3v) is 6.44. The van der Waals surface area contributed by atoms with Gasteiger partial charge in [-0.15, -0.1) is 12.4 Å². The molecule has 1 aromatic carbocycles. The lowest BCUT2D eigenvalue weighted by Gasteiger charge is -2.44. The minimum atomic E-state index is 0. The summed E-state index contributed by atoms with van der Waals surface area (Å²) in [6.07, 6.45) is 5.47. The van der Waals surface area contributed by atoms with Gasteiger partial charge in [0.1, 0.15) is 0 Å². The zero-order valence-corrected chi connectivity index (χ0v) is 16.2. The average Bonchev–Trinajstić information content (AvgIpc) is 2.51. The molecule has 2 aliphatic rings. The molecule has 2 aliphatic carbocycles. The summed E-state index contributed by atoms with van der Waals surface area (Å²) in [6, 6.07) is 5.84. The highest BCUT2D eigenvalue weighted by molar-refractivity contribution is 6.42. The van der Waals surface area contributed by atoms with Crippen LogP contribution in [-0.4, -0.2) is 23.9 Å². The van der Waals surface area contributed by atoms with Gasteiger partial charge in [-0.05, 0) is 49.1 Å². The summed E-state index contributed by atoms with van der Waals surface area (Å²) in [7, 11) is 1.85. The van der Waals surface area contributed by atoms with E-state index in [9.17, 15) is 4.79 Å². The van der Waals surface area contributed by atoms with Crippen LogP contribution in [0.2, 0.25) is 10.0 Å². The first-order chi connectivity index (χ1) is 11.0. The molecule has 0 spiro atoms. The predicted molar refractivity (Wildman–Crippen MR) is 102 cm³/mol. The Balaban J connectivity index is 0.00000208. The fraction of sp³-hybridized carbons (Fsp3) is 0.611. The smallest absolute Gasteiger partial charge is 0.225 e. The van der Waals surface area contributed by atoms with E-state index in [1.807, 2.05) is 19.2 Å². The van der Waals surface area contributed by atoms with Crippen LogP contribution in [0, 0.1) is 17.8 Å². The molecule has 2 unspecified atom stereocenters. The van der Waals surface area contributed by atoms with E-state index >= 15 is 0 Å². The van der Waals surface area contributed by atoms with Gasteiger partial charge < -0.3 is 10.6 Å². The van der Waals surface area contributed by atoms with Gasteiger partial charge in [-0.25, -0.2) is 0 Å². The maximum atomic E-state index is 12.8. The van der Waals surface area contributed by atoms with E-state index in [2.05, 4.69) is 0 Å². The Morgan fingerprint density at radius 3 is 2.50 bits per heavy atom. The normalized spacial score (nSPS) is 28.8. The summed E-state index contributed by atoms with van der Waals surface area (Å²) in [5.74, 6) is 1.34. The first-order valence-corrected chi connectivity index (χ1v) is 9.16. The Hall–Kier alpha value is -0.480. The van der Waals surface area contributed by atoms with Crippen molar-refractivity contribution in [2.75, 3.05) is 7.05 Å². The van der Waals surface area contributed by atoms with Gasteiger partial charge in [0.25, 0.3) is 0 Å².